The van der Waals surface area contributed by atoms with E-state index in [4.69, 9.17) is 22.1 Å². The molecule has 0 heterocycles. The fourth-order valence-electron chi connectivity index (χ4n) is 1.83. The van der Waals surface area contributed by atoms with Crippen LogP contribution in [0.3, 0.4) is 0 Å². The predicted molar refractivity (Wildman–Crippen MR) is 75.4 cm³/mol. The van der Waals surface area contributed by atoms with E-state index in [2.05, 4.69) is 0 Å². The Morgan fingerprint density at radius 2 is 2.00 bits per heavy atom. The van der Waals surface area contributed by atoms with Crippen molar-refractivity contribution in [3.63, 3.8) is 0 Å². The SMILES string of the molecule is Cc1cc(CCN)ccc1Oc1cccc(Cl)c1F. The van der Waals surface area contributed by atoms with Crippen molar-refractivity contribution in [3.05, 3.63) is 58.4 Å². The second-order valence-corrected chi connectivity index (χ2v) is 4.70. The summed E-state index contributed by atoms with van der Waals surface area (Å²) in [6.45, 7) is 2.51. The summed E-state index contributed by atoms with van der Waals surface area (Å²) >= 11 is 5.72. The average Bonchev–Trinajstić information content (AvgIpc) is 2.38. The van der Waals surface area contributed by atoms with Gasteiger partial charge in [-0.1, -0.05) is 29.8 Å². The standard InChI is InChI=1S/C15H15ClFNO/c1-10-9-11(7-8-18)5-6-13(10)19-14-4-2-3-12(16)15(14)17/h2-6,9H,7-8,18H2,1H3. The van der Waals surface area contributed by atoms with E-state index in [1.165, 1.54) is 6.07 Å². The fourth-order valence-corrected chi connectivity index (χ4v) is 2.00. The molecule has 0 amide bonds. The molecule has 2 aromatic carbocycles. The maximum Gasteiger partial charge on any atom is 0.184 e. The minimum Gasteiger partial charge on any atom is -0.454 e. The number of hydrogen-bond donors (Lipinski definition) is 1. The summed E-state index contributed by atoms with van der Waals surface area (Å²) < 4.78 is 19.3. The van der Waals surface area contributed by atoms with Crippen molar-refractivity contribution >= 4 is 11.6 Å². The Labute approximate surface area is 117 Å². The second-order valence-electron chi connectivity index (χ2n) is 4.29. The normalized spacial score (nSPS) is 10.5. The van der Waals surface area contributed by atoms with E-state index in [0.29, 0.717) is 12.3 Å². The molecule has 100 valence electrons. The van der Waals surface area contributed by atoms with Gasteiger partial charge in [-0.25, -0.2) is 4.39 Å². The van der Waals surface area contributed by atoms with E-state index in [1.807, 2.05) is 25.1 Å². The lowest BCUT2D eigenvalue weighted by atomic mass is 10.1. The molecule has 0 saturated carbocycles. The minimum atomic E-state index is -0.547. The first-order valence-corrected chi connectivity index (χ1v) is 6.41. The van der Waals surface area contributed by atoms with Gasteiger partial charge >= 0.3 is 0 Å². The zero-order chi connectivity index (χ0) is 13.8. The van der Waals surface area contributed by atoms with Gasteiger partial charge in [-0.2, -0.15) is 0 Å². The van der Waals surface area contributed by atoms with Crippen LogP contribution in [0, 0.1) is 12.7 Å². The maximum absolute atomic E-state index is 13.7. The van der Waals surface area contributed by atoms with Crippen LogP contribution < -0.4 is 10.5 Å². The third kappa shape index (κ3) is 3.25. The molecule has 0 aliphatic rings. The molecule has 0 radical (unpaired) electrons. The van der Waals surface area contributed by atoms with E-state index < -0.39 is 5.82 Å². The molecule has 0 aromatic heterocycles. The number of benzene rings is 2. The van der Waals surface area contributed by atoms with Gasteiger partial charge in [-0.15, -0.1) is 0 Å². The Hall–Kier alpha value is -1.58. The summed E-state index contributed by atoms with van der Waals surface area (Å²) in [5.74, 6) is 0.193. The number of aryl methyl sites for hydroxylation is 1. The topological polar surface area (TPSA) is 35.2 Å². The van der Waals surface area contributed by atoms with Crippen LogP contribution in [0.1, 0.15) is 11.1 Å². The molecule has 0 aliphatic heterocycles. The van der Waals surface area contributed by atoms with Crippen LogP contribution in [0.5, 0.6) is 11.5 Å². The lowest BCUT2D eigenvalue weighted by Crippen LogP contribution is -2.03. The van der Waals surface area contributed by atoms with Crippen LogP contribution in [0.4, 0.5) is 4.39 Å². The molecular formula is C15H15ClFNO. The van der Waals surface area contributed by atoms with E-state index in [1.54, 1.807) is 12.1 Å². The molecule has 2 rings (SSSR count). The Morgan fingerprint density at radius 3 is 2.68 bits per heavy atom. The summed E-state index contributed by atoms with van der Waals surface area (Å²) in [6, 6.07) is 10.4. The number of hydrogen-bond acceptors (Lipinski definition) is 2. The van der Waals surface area contributed by atoms with Gasteiger partial charge in [0.1, 0.15) is 5.75 Å². The highest BCUT2D eigenvalue weighted by Crippen LogP contribution is 2.30. The smallest absolute Gasteiger partial charge is 0.184 e. The Bertz CT molecular complexity index is 586. The summed E-state index contributed by atoms with van der Waals surface area (Å²) in [5.41, 5.74) is 7.59. The molecule has 19 heavy (non-hydrogen) atoms. The van der Waals surface area contributed by atoms with Gasteiger partial charge in [-0.05, 0) is 49.2 Å². The molecular weight excluding hydrogens is 265 g/mol. The third-order valence-corrected chi connectivity index (χ3v) is 3.10. The quantitative estimate of drug-likeness (QED) is 0.915. The second kappa shape index (κ2) is 6.04. The van der Waals surface area contributed by atoms with Crippen molar-refractivity contribution in [2.24, 2.45) is 5.73 Å². The molecule has 2 aromatic rings. The lowest BCUT2D eigenvalue weighted by Gasteiger charge is -2.11. The molecule has 2 N–H and O–H groups in total. The lowest BCUT2D eigenvalue weighted by molar-refractivity contribution is 0.439. The first-order chi connectivity index (χ1) is 9.11. The van der Waals surface area contributed by atoms with Crippen molar-refractivity contribution in [2.75, 3.05) is 6.54 Å². The van der Waals surface area contributed by atoms with Crippen LogP contribution in [0.2, 0.25) is 5.02 Å². The van der Waals surface area contributed by atoms with Crippen LogP contribution in [0.15, 0.2) is 36.4 Å². The summed E-state index contributed by atoms with van der Waals surface area (Å²) in [5, 5.41) is 0.0508. The molecule has 0 saturated heterocycles. The molecule has 0 unspecified atom stereocenters. The van der Waals surface area contributed by atoms with E-state index in [0.717, 1.165) is 17.5 Å². The van der Waals surface area contributed by atoms with Gasteiger partial charge in [0.05, 0.1) is 5.02 Å². The average molecular weight is 280 g/mol. The molecule has 0 bridgehead atoms. The van der Waals surface area contributed by atoms with Crippen molar-refractivity contribution in [1.29, 1.82) is 0 Å². The third-order valence-electron chi connectivity index (χ3n) is 2.81. The molecule has 0 aliphatic carbocycles. The monoisotopic (exact) mass is 279 g/mol. The first kappa shape index (κ1) is 13.8. The van der Waals surface area contributed by atoms with Gasteiger partial charge in [0, 0.05) is 0 Å². The van der Waals surface area contributed by atoms with Gasteiger partial charge in [0.15, 0.2) is 11.6 Å². The Morgan fingerprint density at radius 1 is 1.21 bits per heavy atom. The van der Waals surface area contributed by atoms with Crippen molar-refractivity contribution in [2.45, 2.75) is 13.3 Å². The van der Waals surface area contributed by atoms with Gasteiger partial charge in [0.2, 0.25) is 0 Å². The highest BCUT2D eigenvalue weighted by molar-refractivity contribution is 6.30. The van der Waals surface area contributed by atoms with Gasteiger partial charge in [0.25, 0.3) is 0 Å². The summed E-state index contributed by atoms with van der Waals surface area (Å²) in [6.07, 6.45) is 0.812. The summed E-state index contributed by atoms with van der Waals surface area (Å²) in [7, 11) is 0. The highest BCUT2D eigenvalue weighted by Gasteiger charge is 2.10. The first-order valence-electron chi connectivity index (χ1n) is 6.03. The van der Waals surface area contributed by atoms with Gasteiger partial charge in [-0.3, -0.25) is 0 Å². The molecule has 0 spiro atoms. The molecule has 4 heteroatoms. The van der Waals surface area contributed by atoms with Crippen LogP contribution in [-0.4, -0.2) is 6.54 Å². The maximum atomic E-state index is 13.7. The number of ether oxygens (including phenoxy) is 1. The zero-order valence-corrected chi connectivity index (χ0v) is 11.4. The number of nitrogens with two attached hydrogens (primary N) is 1. The van der Waals surface area contributed by atoms with Gasteiger partial charge < -0.3 is 10.5 Å². The largest absolute Gasteiger partial charge is 0.454 e. The van der Waals surface area contributed by atoms with E-state index >= 15 is 0 Å². The van der Waals surface area contributed by atoms with E-state index in [-0.39, 0.29) is 10.8 Å². The summed E-state index contributed by atoms with van der Waals surface area (Å²) in [4.78, 5) is 0. The number of rotatable bonds is 4. The fraction of sp³-hybridized carbons (Fsp3) is 0.200. The molecule has 2 nitrogen and oxygen atoms in total. The predicted octanol–water partition coefficient (Wildman–Crippen LogP) is 4.08. The van der Waals surface area contributed by atoms with E-state index in [9.17, 15) is 4.39 Å². The van der Waals surface area contributed by atoms with Crippen LogP contribution in [0.25, 0.3) is 0 Å². The molecule has 0 atom stereocenters. The van der Waals surface area contributed by atoms with Crippen molar-refractivity contribution in [1.82, 2.24) is 0 Å². The minimum absolute atomic E-state index is 0.0508. The zero-order valence-electron chi connectivity index (χ0n) is 10.6. The highest BCUT2D eigenvalue weighted by atomic mass is 35.5. The molecule has 0 fully saturated rings. The van der Waals surface area contributed by atoms with Crippen LogP contribution in [-0.2, 0) is 6.42 Å². The van der Waals surface area contributed by atoms with Crippen molar-refractivity contribution < 1.29 is 9.13 Å². The number of halogens is 2. The Kier molecular flexibility index (Phi) is 4.40. The van der Waals surface area contributed by atoms with Crippen LogP contribution >= 0.6 is 11.6 Å². The Balaban J connectivity index is 2.26. The van der Waals surface area contributed by atoms with Crippen molar-refractivity contribution in [3.8, 4) is 11.5 Å².